The molecule has 0 fully saturated rings. The van der Waals surface area contributed by atoms with Crippen molar-refractivity contribution in [1.82, 2.24) is 0 Å². The van der Waals surface area contributed by atoms with Gasteiger partial charge in [-0.05, 0) is 34.9 Å². The van der Waals surface area contributed by atoms with Gasteiger partial charge >= 0.3 is 6.09 Å². The minimum absolute atomic E-state index is 0.144. The Bertz CT molecular complexity index is 1040. The molecule has 2 N–H and O–H groups in total. The molecule has 0 bridgehead atoms. The predicted molar refractivity (Wildman–Crippen MR) is 123 cm³/mol. The molecule has 1 atom stereocenters. The Kier molecular flexibility index (Phi) is 7.86. The number of carbonyl (C=O) groups is 1. The highest BCUT2D eigenvalue weighted by Crippen LogP contribution is 2.32. The number of carbonyl (C=O) groups excluding carboxylic acids is 1. The normalized spacial score (nSPS) is 11.2. The molecular formula is C25H25NO3S. The number of rotatable bonds is 6. The van der Waals surface area contributed by atoms with Crippen LogP contribution in [0.3, 0.4) is 0 Å². The summed E-state index contributed by atoms with van der Waals surface area (Å²) in [6.07, 6.45) is 0.378. The molecular weight excluding hydrogens is 394 g/mol. The summed E-state index contributed by atoms with van der Waals surface area (Å²) in [5, 5.41) is 4.51. The summed E-state index contributed by atoms with van der Waals surface area (Å²) < 4.78 is 10.8. The molecule has 4 nitrogen and oxygen atoms in total. The molecule has 0 aliphatic rings. The highest BCUT2D eigenvalue weighted by atomic mass is 32.1. The van der Waals surface area contributed by atoms with Gasteiger partial charge in [-0.25, -0.2) is 4.79 Å². The molecule has 1 aromatic heterocycles. The molecule has 0 saturated carbocycles. The Balaban J connectivity index is 0.000000199. The average molecular weight is 420 g/mol. The first-order valence-corrected chi connectivity index (χ1v) is 10.7. The largest absolute Gasteiger partial charge is 0.484 e. The van der Waals surface area contributed by atoms with Crippen molar-refractivity contribution < 1.29 is 14.3 Å². The maximum absolute atomic E-state index is 10.2. The summed E-state index contributed by atoms with van der Waals surface area (Å²) >= 11 is 1.76. The van der Waals surface area contributed by atoms with Gasteiger partial charge < -0.3 is 15.2 Å². The number of ether oxygens (including phenoxy) is 2. The number of hydrogen-bond donors (Lipinski definition) is 1. The number of fused-ring (bicyclic) bond motifs is 1. The minimum atomic E-state index is -0.742. The fourth-order valence-electron chi connectivity index (χ4n) is 3.00. The first kappa shape index (κ1) is 21.4. The SMILES string of the molecule is CCC(Oc1cccc2ccccc12)c1cccs1.NC(=O)OCc1ccccc1. The summed E-state index contributed by atoms with van der Waals surface area (Å²) in [5.74, 6) is 0.971. The maximum Gasteiger partial charge on any atom is 0.404 e. The Hall–Kier alpha value is -3.31. The van der Waals surface area contributed by atoms with Crippen LogP contribution in [0, 0.1) is 0 Å². The molecule has 1 amide bonds. The van der Waals surface area contributed by atoms with Crippen molar-refractivity contribution in [2.24, 2.45) is 5.73 Å². The lowest BCUT2D eigenvalue weighted by atomic mass is 10.1. The fraction of sp³-hybridized carbons (Fsp3) is 0.160. The lowest BCUT2D eigenvalue weighted by Gasteiger charge is -2.17. The fourth-order valence-corrected chi connectivity index (χ4v) is 3.84. The number of primary amides is 1. The van der Waals surface area contributed by atoms with Gasteiger partial charge in [0.05, 0.1) is 0 Å². The molecule has 0 aliphatic carbocycles. The van der Waals surface area contributed by atoms with Crippen molar-refractivity contribution in [2.45, 2.75) is 26.1 Å². The topological polar surface area (TPSA) is 61.5 Å². The van der Waals surface area contributed by atoms with E-state index in [4.69, 9.17) is 10.5 Å². The maximum atomic E-state index is 10.2. The van der Waals surface area contributed by atoms with Crippen LogP contribution in [0.2, 0.25) is 0 Å². The first-order valence-electron chi connectivity index (χ1n) is 9.81. The zero-order chi connectivity index (χ0) is 21.2. The average Bonchev–Trinajstić information content (AvgIpc) is 3.32. The van der Waals surface area contributed by atoms with Crippen LogP contribution in [0.1, 0.15) is 29.9 Å². The van der Waals surface area contributed by atoms with Crippen LogP contribution < -0.4 is 10.5 Å². The molecule has 1 heterocycles. The number of nitrogens with two attached hydrogens (primary N) is 1. The van der Waals surface area contributed by atoms with E-state index in [2.05, 4.69) is 71.6 Å². The third-order valence-electron chi connectivity index (χ3n) is 4.47. The van der Waals surface area contributed by atoms with Gasteiger partial charge in [-0.3, -0.25) is 0 Å². The van der Waals surface area contributed by atoms with Gasteiger partial charge in [-0.2, -0.15) is 0 Å². The zero-order valence-electron chi connectivity index (χ0n) is 16.9. The van der Waals surface area contributed by atoms with Crippen LogP contribution in [0.5, 0.6) is 5.75 Å². The molecule has 4 aromatic rings. The Labute approximate surface area is 180 Å². The molecule has 3 aromatic carbocycles. The quantitative estimate of drug-likeness (QED) is 0.378. The highest BCUT2D eigenvalue weighted by molar-refractivity contribution is 7.10. The summed E-state index contributed by atoms with van der Waals surface area (Å²) in [6, 6.07) is 28.2. The van der Waals surface area contributed by atoms with Crippen molar-refractivity contribution >= 4 is 28.2 Å². The smallest absolute Gasteiger partial charge is 0.404 e. The van der Waals surface area contributed by atoms with Gasteiger partial charge in [-0.15, -0.1) is 11.3 Å². The van der Waals surface area contributed by atoms with Gasteiger partial charge in [0, 0.05) is 10.3 Å². The Morgan fingerprint density at radius 1 is 0.933 bits per heavy atom. The van der Waals surface area contributed by atoms with Crippen molar-refractivity contribution in [3.63, 3.8) is 0 Å². The van der Waals surface area contributed by atoms with Crippen LogP contribution in [0.15, 0.2) is 90.3 Å². The number of hydrogen-bond acceptors (Lipinski definition) is 4. The van der Waals surface area contributed by atoms with Crippen molar-refractivity contribution in [2.75, 3.05) is 0 Å². The van der Waals surface area contributed by atoms with E-state index >= 15 is 0 Å². The standard InChI is InChI=1S/C17H16OS.C8H9NO2/c1-2-15(17-11-6-12-19-17)18-16-10-5-8-13-7-3-4-9-14(13)16;9-8(10)11-6-7-4-2-1-3-5-7/h3-12,15H,2H2,1H3;1-5H,6H2,(H2,9,10). The Morgan fingerprint density at radius 3 is 2.37 bits per heavy atom. The van der Waals surface area contributed by atoms with Crippen molar-refractivity contribution in [3.05, 3.63) is 101 Å². The zero-order valence-corrected chi connectivity index (χ0v) is 17.7. The van der Waals surface area contributed by atoms with Gasteiger partial charge in [0.15, 0.2) is 0 Å². The molecule has 0 aliphatic heterocycles. The summed E-state index contributed by atoms with van der Waals surface area (Å²) in [4.78, 5) is 11.5. The molecule has 4 rings (SSSR count). The summed E-state index contributed by atoms with van der Waals surface area (Å²) in [7, 11) is 0. The van der Waals surface area contributed by atoms with Crippen molar-refractivity contribution in [3.8, 4) is 5.75 Å². The summed E-state index contributed by atoms with van der Waals surface area (Å²) in [5.41, 5.74) is 5.72. The highest BCUT2D eigenvalue weighted by Gasteiger charge is 2.13. The lowest BCUT2D eigenvalue weighted by molar-refractivity contribution is 0.150. The molecule has 0 saturated heterocycles. The first-order chi connectivity index (χ1) is 14.7. The van der Waals surface area contributed by atoms with Crippen molar-refractivity contribution in [1.29, 1.82) is 0 Å². The van der Waals surface area contributed by atoms with Crippen LogP contribution in [-0.4, -0.2) is 6.09 Å². The molecule has 0 spiro atoms. The molecule has 154 valence electrons. The van der Waals surface area contributed by atoms with Crippen LogP contribution in [0.25, 0.3) is 10.8 Å². The second kappa shape index (κ2) is 11.0. The van der Waals surface area contributed by atoms with E-state index in [-0.39, 0.29) is 12.7 Å². The second-order valence-corrected chi connectivity index (χ2v) is 7.58. The number of thiophene rings is 1. The monoisotopic (exact) mass is 419 g/mol. The predicted octanol–water partition coefficient (Wildman–Crippen LogP) is 6.71. The van der Waals surface area contributed by atoms with E-state index in [9.17, 15) is 4.79 Å². The Morgan fingerprint density at radius 2 is 1.67 bits per heavy atom. The van der Waals surface area contributed by atoms with Crippen LogP contribution in [0.4, 0.5) is 4.79 Å². The summed E-state index contributed by atoms with van der Waals surface area (Å²) in [6.45, 7) is 2.41. The van der Waals surface area contributed by atoms with Gasteiger partial charge in [0.2, 0.25) is 0 Å². The van der Waals surface area contributed by atoms with Crippen LogP contribution in [-0.2, 0) is 11.3 Å². The number of benzene rings is 3. The second-order valence-electron chi connectivity index (χ2n) is 6.60. The van der Waals surface area contributed by atoms with Crippen LogP contribution >= 0.6 is 11.3 Å². The van der Waals surface area contributed by atoms with Gasteiger partial charge in [-0.1, -0.05) is 79.7 Å². The van der Waals surface area contributed by atoms with Gasteiger partial charge in [0.25, 0.3) is 0 Å². The third-order valence-corrected chi connectivity index (χ3v) is 5.44. The number of amides is 1. The minimum Gasteiger partial charge on any atom is -0.484 e. The molecule has 1 unspecified atom stereocenters. The van der Waals surface area contributed by atoms with E-state index in [1.54, 1.807) is 11.3 Å². The third kappa shape index (κ3) is 6.09. The van der Waals surface area contributed by atoms with E-state index < -0.39 is 6.09 Å². The molecule has 30 heavy (non-hydrogen) atoms. The lowest BCUT2D eigenvalue weighted by Crippen LogP contribution is -2.12. The van der Waals surface area contributed by atoms with E-state index in [0.29, 0.717) is 0 Å². The molecule has 5 heteroatoms. The van der Waals surface area contributed by atoms with E-state index in [1.165, 1.54) is 15.6 Å². The van der Waals surface area contributed by atoms with Gasteiger partial charge in [0.1, 0.15) is 18.5 Å². The molecule has 0 radical (unpaired) electrons. The van der Waals surface area contributed by atoms with E-state index in [1.807, 2.05) is 30.3 Å². The van der Waals surface area contributed by atoms with E-state index in [0.717, 1.165) is 17.7 Å².